The van der Waals surface area contributed by atoms with Gasteiger partial charge in [-0.2, -0.15) is 9.78 Å². The number of hydrogen-bond acceptors (Lipinski definition) is 5. The first kappa shape index (κ1) is 17.5. The van der Waals surface area contributed by atoms with Gasteiger partial charge in [-0.3, -0.25) is 4.79 Å². The number of thioether (sulfide) groups is 1. The van der Waals surface area contributed by atoms with Gasteiger partial charge in [0, 0.05) is 10.5 Å². The van der Waals surface area contributed by atoms with Gasteiger partial charge in [-0.25, -0.2) is 4.98 Å². The number of benzene rings is 2. The maximum absolute atomic E-state index is 13.1. The van der Waals surface area contributed by atoms with Crippen LogP contribution >= 0.6 is 23.1 Å². The summed E-state index contributed by atoms with van der Waals surface area (Å²) in [6.45, 7) is 0. The van der Waals surface area contributed by atoms with E-state index < -0.39 is 0 Å². The highest BCUT2D eigenvalue weighted by Gasteiger charge is 2.26. The number of carbonyl (C=O) groups excluding carboxylic acids is 1. The lowest BCUT2D eigenvalue weighted by Crippen LogP contribution is -2.17. The Bertz CT molecular complexity index is 1160. The van der Waals surface area contributed by atoms with Crippen molar-refractivity contribution in [1.29, 1.82) is 0 Å². The van der Waals surface area contributed by atoms with Crippen LogP contribution in [0.15, 0.2) is 53.4 Å². The number of hydrogen-bond donors (Lipinski definition) is 1. The number of anilines is 1. The third-order valence-corrected chi connectivity index (χ3v) is 6.76. The van der Waals surface area contributed by atoms with Crippen molar-refractivity contribution in [2.45, 2.75) is 24.2 Å². The Labute approximate surface area is 170 Å². The molecule has 5 rings (SSSR count). The zero-order chi connectivity index (χ0) is 19.1. The summed E-state index contributed by atoms with van der Waals surface area (Å²) in [7, 11) is 0. The Morgan fingerprint density at radius 3 is 2.82 bits per heavy atom. The number of aryl methyl sites for hydroxylation is 1. The van der Waals surface area contributed by atoms with Crippen molar-refractivity contribution < 1.29 is 4.79 Å². The number of aromatic nitrogens is 3. The molecule has 0 unspecified atom stereocenters. The predicted octanol–water partition coefficient (Wildman–Crippen LogP) is 4.94. The first-order chi connectivity index (χ1) is 13.7. The van der Waals surface area contributed by atoms with Crippen LogP contribution in [0.4, 0.5) is 5.82 Å². The number of rotatable bonds is 4. The minimum atomic E-state index is -0.109. The van der Waals surface area contributed by atoms with E-state index in [1.807, 2.05) is 53.4 Å². The van der Waals surface area contributed by atoms with Crippen LogP contribution in [0.25, 0.3) is 15.3 Å². The Morgan fingerprint density at radius 1 is 1.14 bits per heavy atom. The fraction of sp³-hybridized carbons (Fsp3) is 0.190. The molecule has 2 aromatic carbocycles. The number of para-hydroxylation sites is 1. The zero-order valence-electron chi connectivity index (χ0n) is 15.3. The SMILES string of the molecule is CSc1ccccc1C(=O)Nc1c2c(nn1-c1nc3ccccc3s1)CCC2. The molecule has 1 N–H and O–H groups in total. The maximum Gasteiger partial charge on any atom is 0.257 e. The lowest BCUT2D eigenvalue weighted by molar-refractivity contribution is 0.102. The van der Waals surface area contributed by atoms with Gasteiger partial charge in [-0.05, 0) is 49.8 Å². The number of fused-ring (bicyclic) bond motifs is 2. The summed E-state index contributed by atoms with van der Waals surface area (Å²) in [5, 5.41) is 8.71. The first-order valence-electron chi connectivity index (χ1n) is 9.15. The Morgan fingerprint density at radius 2 is 1.96 bits per heavy atom. The second-order valence-electron chi connectivity index (χ2n) is 6.66. The largest absolute Gasteiger partial charge is 0.306 e. The van der Waals surface area contributed by atoms with Crippen molar-refractivity contribution in [3.8, 4) is 5.13 Å². The van der Waals surface area contributed by atoms with Crippen LogP contribution in [0.5, 0.6) is 0 Å². The summed E-state index contributed by atoms with van der Waals surface area (Å²) in [5.74, 6) is 0.648. The van der Waals surface area contributed by atoms with Gasteiger partial charge in [0.1, 0.15) is 5.82 Å². The third kappa shape index (κ3) is 2.91. The summed E-state index contributed by atoms with van der Waals surface area (Å²) >= 11 is 3.16. The molecule has 5 nitrogen and oxygen atoms in total. The van der Waals surface area contributed by atoms with Gasteiger partial charge >= 0.3 is 0 Å². The Hall–Kier alpha value is -2.64. The lowest BCUT2D eigenvalue weighted by Gasteiger charge is -2.11. The molecule has 0 aliphatic heterocycles. The number of nitrogens with zero attached hydrogens (tertiary/aromatic N) is 3. The minimum absolute atomic E-state index is 0.109. The zero-order valence-corrected chi connectivity index (χ0v) is 16.9. The molecule has 1 amide bonds. The van der Waals surface area contributed by atoms with E-state index in [1.54, 1.807) is 23.1 Å². The highest BCUT2D eigenvalue weighted by Crippen LogP contribution is 2.34. The van der Waals surface area contributed by atoms with E-state index in [9.17, 15) is 4.79 Å². The van der Waals surface area contributed by atoms with Crippen molar-refractivity contribution >= 4 is 45.0 Å². The standard InChI is InChI=1S/C21H18N4OS2/c1-27-17-11-4-2-7-14(17)20(26)23-19-13-8-6-10-15(13)24-25(19)21-22-16-9-3-5-12-18(16)28-21/h2-5,7,9,11-12H,6,8,10H2,1H3,(H,23,26). The molecule has 2 heterocycles. The van der Waals surface area contributed by atoms with Crippen LogP contribution in [0.1, 0.15) is 28.0 Å². The smallest absolute Gasteiger partial charge is 0.257 e. The molecule has 2 aromatic heterocycles. The summed E-state index contributed by atoms with van der Waals surface area (Å²) in [6.07, 6.45) is 4.93. The van der Waals surface area contributed by atoms with Crippen LogP contribution in [-0.2, 0) is 12.8 Å². The molecule has 0 atom stereocenters. The van der Waals surface area contributed by atoms with E-state index >= 15 is 0 Å². The fourth-order valence-corrected chi connectivity index (χ4v) is 5.14. The number of amides is 1. The topological polar surface area (TPSA) is 59.8 Å². The second kappa shape index (κ2) is 7.07. The van der Waals surface area contributed by atoms with Crippen molar-refractivity contribution in [3.63, 3.8) is 0 Å². The molecule has 0 saturated carbocycles. The van der Waals surface area contributed by atoms with Gasteiger partial charge < -0.3 is 5.32 Å². The summed E-state index contributed by atoms with van der Waals surface area (Å²) in [4.78, 5) is 18.8. The second-order valence-corrected chi connectivity index (χ2v) is 8.51. The van der Waals surface area contributed by atoms with Crippen LogP contribution < -0.4 is 5.32 Å². The van der Waals surface area contributed by atoms with Gasteiger partial charge in [0.2, 0.25) is 5.13 Å². The van der Waals surface area contributed by atoms with E-state index in [1.165, 1.54) is 0 Å². The first-order valence-corrected chi connectivity index (χ1v) is 11.2. The van der Waals surface area contributed by atoms with Crippen molar-refractivity contribution in [1.82, 2.24) is 14.8 Å². The summed E-state index contributed by atoms with van der Waals surface area (Å²) < 4.78 is 2.92. The highest BCUT2D eigenvalue weighted by atomic mass is 32.2. The molecule has 1 aliphatic rings. The molecule has 28 heavy (non-hydrogen) atoms. The molecule has 0 bridgehead atoms. The maximum atomic E-state index is 13.1. The third-order valence-electron chi connectivity index (χ3n) is 4.95. The Balaban J connectivity index is 1.58. The molecule has 7 heteroatoms. The van der Waals surface area contributed by atoms with E-state index in [0.29, 0.717) is 5.56 Å². The van der Waals surface area contributed by atoms with E-state index in [4.69, 9.17) is 10.1 Å². The van der Waals surface area contributed by atoms with Crippen molar-refractivity contribution in [3.05, 3.63) is 65.4 Å². The molecule has 0 fully saturated rings. The molecule has 4 aromatic rings. The number of thiazole rings is 1. The van der Waals surface area contributed by atoms with E-state index in [0.717, 1.165) is 56.6 Å². The molecule has 0 spiro atoms. The summed E-state index contributed by atoms with van der Waals surface area (Å²) in [6, 6.07) is 15.7. The Kier molecular flexibility index (Phi) is 4.41. The van der Waals surface area contributed by atoms with Gasteiger partial charge in [0.25, 0.3) is 5.91 Å². The molecule has 0 saturated heterocycles. The lowest BCUT2D eigenvalue weighted by atomic mass is 10.2. The van der Waals surface area contributed by atoms with E-state index in [2.05, 4.69) is 11.4 Å². The fourth-order valence-electron chi connectivity index (χ4n) is 3.62. The molecular weight excluding hydrogens is 388 g/mol. The quantitative estimate of drug-likeness (QED) is 0.488. The van der Waals surface area contributed by atoms with Crippen molar-refractivity contribution in [2.75, 3.05) is 11.6 Å². The molecule has 140 valence electrons. The molecule has 1 aliphatic carbocycles. The molecule has 0 radical (unpaired) electrons. The van der Waals surface area contributed by atoms with Crippen molar-refractivity contribution in [2.24, 2.45) is 0 Å². The minimum Gasteiger partial charge on any atom is -0.306 e. The summed E-state index contributed by atoms with van der Waals surface area (Å²) in [5.41, 5.74) is 3.82. The van der Waals surface area contributed by atoms with Crippen LogP contribution in [0.2, 0.25) is 0 Å². The normalized spacial score (nSPS) is 13.0. The average Bonchev–Trinajstić information content (AvgIpc) is 3.42. The van der Waals surface area contributed by atoms with E-state index in [-0.39, 0.29) is 5.91 Å². The van der Waals surface area contributed by atoms with Crippen LogP contribution in [0.3, 0.4) is 0 Å². The molecular formula is C21H18N4OS2. The van der Waals surface area contributed by atoms with Gasteiger partial charge in [0.15, 0.2) is 0 Å². The van der Waals surface area contributed by atoms with Crippen LogP contribution in [-0.4, -0.2) is 26.9 Å². The van der Waals surface area contributed by atoms with Gasteiger partial charge in [0.05, 0.1) is 21.5 Å². The number of carbonyl (C=O) groups is 1. The van der Waals surface area contributed by atoms with Crippen LogP contribution in [0, 0.1) is 0 Å². The number of nitrogens with one attached hydrogen (secondary N) is 1. The van der Waals surface area contributed by atoms with Gasteiger partial charge in [-0.1, -0.05) is 35.6 Å². The monoisotopic (exact) mass is 406 g/mol. The highest BCUT2D eigenvalue weighted by molar-refractivity contribution is 7.98. The average molecular weight is 407 g/mol. The van der Waals surface area contributed by atoms with Gasteiger partial charge in [-0.15, -0.1) is 11.8 Å². The predicted molar refractivity (Wildman–Crippen MR) is 115 cm³/mol.